The zero-order valence-corrected chi connectivity index (χ0v) is 7.17. The zero-order chi connectivity index (χ0) is 8.27. The van der Waals surface area contributed by atoms with Crippen LogP contribution in [0.2, 0.25) is 0 Å². The van der Waals surface area contributed by atoms with Crippen molar-refractivity contribution in [2.45, 2.75) is 32.7 Å². The van der Waals surface area contributed by atoms with E-state index in [0.717, 1.165) is 24.3 Å². The van der Waals surface area contributed by atoms with Crippen molar-refractivity contribution in [1.82, 2.24) is 0 Å². The molecule has 0 fully saturated rings. The molecule has 2 nitrogen and oxygen atoms in total. The first-order valence-electron chi connectivity index (χ1n) is 4.01. The Morgan fingerprint density at radius 3 is 2.91 bits per heavy atom. The van der Waals surface area contributed by atoms with Crippen LogP contribution in [0.3, 0.4) is 0 Å². The predicted octanol–water partition coefficient (Wildman–Crippen LogP) is 2.21. The van der Waals surface area contributed by atoms with E-state index in [1.165, 1.54) is 0 Å². The molecule has 0 aliphatic carbocycles. The zero-order valence-electron chi connectivity index (χ0n) is 7.17. The van der Waals surface area contributed by atoms with Gasteiger partial charge >= 0.3 is 0 Å². The first-order valence-corrected chi connectivity index (χ1v) is 4.01. The molecule has 0 N–H and O–H groups in total. The Morgan fingerprint density at radius 1 is 1.64 bits per heavy atom. The van der Waals surface area contributed by atoms with Gasteiger partial charge in [-0.3, -0.25) is 9.98 Å². The minimum Gasteiger partial charge on any atom is -0.282 e. The lowest BCUT2D eigenvalue weighted by molar-refractivity contribution is 0.672. The van der Waals surface area contributed by atoms with Crippen LogP contribution in [-0.4, -0.2) is 18.0 Å². The molecule has 60 valence electrons. The van der Waals surface area contributed by atoms with Crippen molar-refractivity contribution >= 4 is 11.9 Å². The van der Waals surface area contributed by atoms with Crippen LogP contribution in [0.15, 0.2) is 22.3 Å². The molecular weight excluding hydrogens is 136 g/mol. The summed E-state index contributed by atoms with van der Waals surface area (Å²) in [5.41, 5.74) is 1.87. The molecule has 0 aromatic rings. The average molecular weight is 150 g/mol. The Hall–Kier alpha value is -0.920. The third kappa shape index (κ3) is 2.00. The van der Waals surface area contributed by atoms with E-state index in [1.807, 2.05) is 13.1 Å². The second-order valence-electron chi connectivity index (χ2n) is 2.83. The van der Waals surface area contributed by atoms with Crippen LogP contribution in [-0.2, 0) is 0 Å². The van der Waals surface area contributed by atoms with Crippen LogP contribution in [0.1, 0.15) is 26.7 Å². The summed E-state index contributed by atoms with van der Waals surface area (Å²) in [7, 11) is 0. The van der Waals surface area contributed by atoms with Gasteiger partial charge in [-0.15, -0.1) is 0 Å². The first kappa shape index (κ1) is 8.18. The van der Waals surface area contributed by atoms with Gasteiger partial charge in [0.1, 0.15) is 0 Å². The SMILES string of the molecule is C=C1N=C(C)C=NC1CCC. The molecule has 1 atom stereocenters. The average Bonchev–Trinajstić information content (AvgIpc) is 1.95. The normalized spacial score (nSPS) is 23.6. The monoisotopic (exact) mass is 150 g/mol. The lowest BCUT2D eigenvalue weighted by atomic mass is 10.1. The second-order valence-corrected chi connectivity index (χ2v) is 2.83. The van der Waals surface area contributed by atoms with Gasteiger partial charge < -0.3 is 0 Å². The van der Waals surface area contributed by atoms with Crippen molar-refractivity contribution in [3.8, 4) is 0 Å². The highest BCUT2D eigenvalue weighted by atomic mass is 14.9. The van der Waals surface area contributed by atoms with Gasteiger partial charge in [0.25, 0.3) is 0 Å². The second kappa shape index (κ2) is 3.46. The molecule has 1 rings (SSSR count). The van der Waals surface area contributed by atoms with Crippen LogP contribution in [0, 0.1) is 0 Å². The fourth-order valence-corrected chi connectivity index (χ4v) is 1.13. The van der Waals surface area contributed by atoms with Gasteiger partial charge in [-0.1, -0.05) is 19.9 Å². The largest absolute Gasteiger partial charge is 0.282 e. The molecule has 1 heterocycles. The molecule has 1 unspecified atom stereocenters. The third-order valence-corrected chi connectivity index (χ3v) is 1.71. The maximum absolute atomic E-state index is 4.33. The van der Waals surface area contributed by atoms with Crippen LogP contribution >= 0.6 is 0 Å². The van der Waals surface area contributed by atoms with Gasteiger partial charge in [-0.05, 0) is 13.3 Å². The summed E-state index contributed by atoms with van der Waals surface area (Å²) >= 11 is 0. The summed E-state index contributed by atoms with van der Waals surface area (Å²) in [6.07, 6.45) is 4.02. The highest BCUT2D eigenvalue weighted by Gasteiger charge is 2.11. The lowest BCUT2D eigenvalue weighted by Crippen LogP contribution is -2.13. The van der Waals surface area contributed by atoms with E-state index in [-0.39, 0.29) is 6.04 Å². The minimum atomic E-state index is 0.240. The Bertz CT molecular complexity index is 214. The van der Waals surface area contributed by atoms with Crippen molar-refractivity contribution in [3.63, 3.8) is 0 Å². The molecule has 0 spiro atoms. The van der Waals surface area contributed by atoms with Crippen molar-refractivity contribution < 1.29 is 0 Å². The molecule has 1 aliphatic rings. The Kier molecular flexibility index (Phi) is 2.58. The summed E-state index contributed by atoms with van der Waals surface area (Å²) in [4.78, 5) is 8.58. The van der Waals surface area contributed by atoms with Crippen LogP contribution in [0.5, 0.6) is 0 Å². The van der Waals surface area contributed by atoms with E-state index in [2.05, 4.69) is 23.5 Å². The Labute approximate surface area is 67.8 Å². The van der Waals surface area contributed by atoms with E-state index in [9.17, 15) is 0 Å². The maximum atomic E-state index is 4.33. The van der Waals surface area contributed by atoms with Gasteiger partial charge in [0.05, 0.1) is 17.5 Å². The maximum Gasteiger partial charge on any atom is 0.0914 e. The van der Waals surface area contributed by atoms with Gasteiger partial charge in [-0.25, -0.2) is 0 Å². The predicted molar refractivity (Wildman–Crippen MR) is 49.4 cm³/mol. The highest BCUT2D eigenvalue weighted by molar-refractivity contribution is 6.30. The van der Waals surface area contributed by atoms with Gasteiger partial charge in [0.15, 0.2) is 0 Å². The van der Waals surface area contributed by atoms with Crippen molar-refractivity contribution in [2.75, 3.05) is 0 Å². The number of aliphatic imine (C=N–C) groups is 2. The fourth-order valence-electron chi connectivity index (χ4n) is 1.13. The number of hydrogen-bond acceptors (Lipinski definition) is 2. The topological polar surface area (TPSA) is 24.7 Å². The van der Waals surface area contributed by atoms with Gasteiger partial charge in [-0.2, -0.15) is 0 Å². The number of nitrogens with zero attached hydrogens (tertiary/aromatic N) is 2. The number of hydrogen-bond donors (Lipinski definition) is 0. The summed E-state index contributed by atoms with van der Waals surface area (Å²) in [6.45, 7) is 7.95. The molecule has 1 aliphatic heterocycles. The minimum absolute atomic E-state index is 0.240. The van der Waals surface area contributed by atoms with E-state index >= 15 is 0 Å². The Balaban J connectivity index is 2.62. The van der Waals surface area contributed by atoms with E-state index in [0.29, 0.717) is 0 Å². The summed E-state index contributed by atoms with van der Waals surface area (Å²) in [5, 5.41) is 0. The molecule has 0 aromatic heterocycles. The summed E-state index contributed by atoms with van der Waals surface area (Å²) in [6, 6.07) is 0.240. The van der Waals surface area contributed by atoms with Crippen molar-refractivity contribution in [2.24, 2.45) is 9.98 Å². The summed E-state index contributed by atoms with van der Waals surface area (Å²) in [5.74, 6) is 0. The molecule has 2 heteroatoms. The lowest BCUT2D eigenvalue weighted by Gasteiger charge is -2.14. The molecule has 0 saturated carbocycles. The highest BCUT2D eigenvalue weighted by Crippen LogP contribution is 2.14. The van der Waals surface area contributed by atoms with Crippen molar-refractivity contribution in [1.29, 1.82) is 0 Å². The molecule has 0 saturated heterocycles. The standard InChI is InChI=1S/C9H14N2/c1-4-5-9-8(3)11-7(2)6-10-9/h6,9H,3-5H2,1-2H3. The quantitative estimate of drug-likeness (QED) is 0.576. The van der Waals surface area contributed by atoms with E-state index in [1.54, 1.807) is 0 Å². The molecule has 0 bridgehead atoms. The van der Waals surface area contributed by atoms with Crippen LogP contribution in [0.4, 0.5) is 0 Å². The molecular formula is C9H14N2. The van der Waals surface area contributed by atoms with Crippen molar-refractivity contribution in [3.05, 3.63) is 12.3 Å². The van der Waals surface area contributed by atoms with Gasteiger partial charge in [0, 0.05) is 6.21 Å². The first-order chi connectivity index (χ1) is 5.24. The van der Waals surface area contributed by atoms with E-state index in [4.69, 9.17) is 0 Å². The van der Waals surface area contributed by atoms with Crippen LogP contribution in [0.25, 0.3) is 0 Å². The smallest absolute Gasteiger partial charge is 0.0914 e. The Morgan fingerprint density at radius 2 is 2.36 bits per heavy atom. The van der Waals surface area contributed by atoms with Gasteiger partial charge in [0.2, 0.25) is 0 Å². The molecule has 0 amide bonds. The third-order valence-electron chi connectivity index (χ3n) is 1.71. The molecule has 0 radical (unpaired) electrons. The fraction of sp³-hybridized carbons (Fsp3) is 0.556. The number of rotatable bonds is 2. The molecule has 11 heavy (non-hydrogen) atoms. The van der Waals surface area contributed by atoms with E-state index < -0.39 is 0 Å². The molecule has 0 aromatic carbocycles. The van der Waals surface area contributed by atoms with Crippen LogP contribution < -0.4 is 0 Å². The summed E-state index contributed by atoms with van der Waals surface area (Å²) < 4.78 is 0.